The molecule has 0 radical (unpaired) electrons. The molecule has 1 saturated heterocycles. The minimum Gasteiger partial charge on any atom is -0.311 e. The molecule has 3 heterocycles. The van der Waals surface area contributed by atoms with Crippen molar-refractivity contribution in [3.63, 3.8) is 0 Å². The van der Waals surface area contributed by atoms with E-state index in [0.29, 0.717) is 41.4 Å². The Morgan fingerprint density at radius 2 is 2.03 bits per heavy atom. The average Bonchev–Trinajstić information content (AvgIpc) is 3.47. The summed E-state index contributed by atoms with van der Waals surface area (Å²) >= 11 is 0. The number of nitrogens with one attached hydrogen (secondary N) is 1. The molecule has 178 valence electrons. The molecule has 1 aliphatic heterocycles. The smallest absolute Gasteiger partial charge is 0.247 e. The maximum Gasteiger partial charge on any atom is 0.247 e. The van der Waals surface area contributed by atoms with E-state index in [-0.39, 0.29) is 24.2 Å². The number of aromatic nitrogens is 3. The summed E-state index contributed by atoms with van der Waals surface area (Å²) in [4.78, 5) is 31.9. The third kappa shape index (κ3) is 4.39. The highest BCUT2D eigenvalue weighted by Gasteiger charge is 2.56. The lowest BCUT2D eigenvalue weighted by atomic mass is 9.83. The van der Waals surface area contributed by atoms with Crippen LogP contribution in [0.15, 0.2) is 42.7 Å². The Balaban J connectivity index is 1.33. The first-order chi connectivity index (χ1) is 16.8. The lowest BCUT2D eigenvalue weighted by Crippen LogP contribution is -2.35. The van der Waals surface area contributed by atoms with Crippen LogP contribution >= 0.6 is 0 Å². The van der Waals surface area contributed by atoms with E-state index in [4.69, 9.17) is 0 Å². The van der Waals surface area contributed by atoms with Crippen molar-refractivity contribution in [3.05, 3.63) is 65.4 Å². The van der Waals surface area contributed by atoms with Gasteiger partial charge in [0.15, 0.2) is 0 Å². The summed E-state index contributed by atoms with van der Waals surface area (Å²) in [5, 5.41) is 16.7. The van der Waals surface area contributed by atoms with E-state index < -0.39 is 11.2 Å². The van der Waals surface area contributed by atoms with Gasteiger partial charge in [0.2, 0.25) is 11.8 Å². The number of carbonyl (C=O) groups excluding carboxylic acids is 2. The Morgan fingerprint density at radius 3 is 2.71 bits per heavy atom. The second-order valence-electron chi connectivity index (χ2n) is 9.42. The first kappa shape index (κ1) is 22.7. The van der Waals surface area contributed by atoms with Gasteiger partial charge < -0.3 is 10.2 Å². The SMILES string of the molecule is Cc1cnn(-c2cc(F)cc(CC(=O)Nc3cc(N4CC[C@@](C#N)(C5CC5)C4=O)cc(C)n3)c2)c1. The zero-order chi connectivity index (χ0) is 24.7. The van der Waals surface area contributed by atoms with Crippen LogP contribution < -0.4 is 10.2 Å². The Bertz CT molecular complexity index is 1370. The number of nitriles is 1. The summed E-state index contributed by atoms with van der Waals surface area (Å²) < 4.78 is 15.8. The maximum atomic E-state index is 14.2. The van der Waals surface area contributed by atoms with E-state index in [0.717, 1.165) is 18.4 Å². The summed E-state index contributed by atoms with van der Waals surface area (Å²) in [6, 6.07) is 10.1. The molecule has 2 amide bonds. The minimum atomic E-state index is -0.942. The topological polar surface area (TPSA) is 104 Å². The van der Waals surface area contributed by atoms with Crippen LogP contribution in [0, 0.1) is 42.3 Å². The van der Waals surface area contributed by atoms with E-state index in [1.165, 1.54) is 12.1 Å². The van der Waals surface area contributed by atoms with Crippen LogP contribution in [0.5, 0.6) is 0 Å². The van der Waals surface area contributed by atoms with E-state index >= 15 is 0 Å². The number of carbonyl (C=O) groups is 2. The molecule has 1 atom stereocenters. The van der Waals surface area contributed by atoms with Crippen LogP contribution in [0.25, 0.3) is 5.69 Å². The molecule has 8 nitrogen and oxygen atoms in total. The molecule has 2 aliphatic rings. The van der Waals surface area contributed by atoms with Gasteiger partial charge in [-0.15, -0.1) is 0 Å². The number of hydrogen-bond acceptors (Lipinski definition) is 5. The van der Waals surface area contributed by atoms with Crippen LogP contribution in [0.1, 0.15) is 36.1 Å². The van der Waals surface area contributed by atoms with Crippen LogP contribution in [0.3, 0.4) is 0 Å². The Kier molecular flexibility index (Phi) is 5.59. The van der Waals surface area contributed by atoms with Gasteiger partial charge in [-0.2, -0.15) is 10.4 Å². The number of hydrogen-bond donors (Lipinski definition) is 1. The van der Waals surface area contributed by atoms with Crippen LogP contribution in [-0.4, -0.2) is 33.1 Å². The van der Waals surface area contributed by atoms with Gasteiger partial charge >= 0.3 is 0 Å². The van der Waals surface area contributed by atoms with Gasteiger partial charge in [-0.3, -0.25) is 9.59 Å². The molecule has 1 aromatic carbocycles. The number of aryl methyl sites for hydroxylation is 2. The summed E-state index contributed by atoms with van der Waals surface area (Å²) in [6.45, 7) is 4.13. The van der Waals surface area contributed by atoms with E-state index in [9.17, 15) is 19.2 Å². The fraction of sp³-hybridized carbons (Fsp3) is 0.346. The van der Waals surface area contributed by atoms with Crippen molar-refractivity contribution < 1.29 is 14.0 Å². The van der Waals surface area contributed by atoms with Crippen LogP contribution in [0.2, 0.25) is 0 Å². The third-order valence-corrected chi connectivity index (χ3v) is 6.63. The van der Waals surface area contributed by atoms with Crippen molar-refractivity contribution >= 4 is 23.3 Å². The van der Waals surface area contributed by atoms with Crippen molar-refractivity contribution in [1.82, 2.24) is 14.8 Å². The maximum absolute atomic E-state index is 14.2. The van der Waals surface area contributed by atoms with E-state index in [1.54, 1.807) is 47.1 Å². The quantitative estimate of drug-likeness (QED) is 0.587. The summed E-state index contributed by atoms with van der Waals surface area (Å²) in [5.74, 6) is -0.559. The summed E-state index contributed by atoms with van der Waals surface area (Å²) in [7, 11) is 0. The second kappa shape index (κ2) is 8.62. The lowest BCUT2D eigenvalue weighted by Gasteiger charge is -2.21. The van der Waals surface area contributed by atoms with Gasteiger partial charge in [-0.1, -0.05) is 0 Å². The van der Waals surface area contributed by atoms with E-state index in [2.05, 4.69) is 21.5 Å². The Hall–Kier alpha value is -4.06. The van der Waals surface area contributed by atoms with Gasteiger partial charge in [-0.25, -0.2) is 14.1 Å². The molecule has 3 aromatic rings. The first-order valence-electron chi connectivity index (χ1n) is 11.6. The molecule has 2 aromatic heterocycles. The van der Waals surface area contributed by atoms with E-state index in [1.807, 2.05) is 6.92 Å². The first-order valence-corrected chi connectivity index (χ1v) is 11.6. The van der Waals surface area contributed by atoms with Crippen LogP contribution in [0.4, 0.5) is 15.9 Å². The molecule has 1 aliphatic carbocycles. The van der Waals surface area contributed by atoms with Crippen molar-refractivity contribution in [2.75, 3.05) is 16.8 Å². The molecule has 1 saturated carbocycles. The van der Waals surface area contributed by atoms with Crippen molar-refractivity contribution in [2.24, 2.45) is 11.3 Å². The molecule has 2 fully saturated rings. The number of benzene rings is 1. The van der Waals surface area contributed by atoms with Crippen molar-refractivity contribution in [1.29, 1.82) is 5.26 Å². The molecule has 0 unspecified atom stereocenters. The second-order valence-corrected chi connectivity index (χ2v) is 9.42. The highest BCUT2D eigenvalue weighted by molar-refractivity contribution is 6.02. The highest BCUT2D eigenvalue weighted by Crippen LogP contribution is 2.52. The summed E-state index contributed by atoms with van der Waals surface area (Å²) in [5.41, 5.74) is 2.27. The van der Waals surface area contributed by atoms with Crippen molar-refractivity contribution in [3.8, 4) is 11.8 Å². The molecule has 5 rings (SSSR count). The number of nitrogens with zero attached hydrogens (tertiary/aromatic N) is 5. The molecular formula is C26H25FN6O2. The van der Waals surface area contributed by atoms with Gasteiger partial charge in [0.1, 0.15) is 17.1 Å². The number of pyridine rings is 1. The number of halogens is 1. The molecule has 9 heteroatoms. The monoisotopic (exact) mass is 472 g/mol. The summed E-state index contributed by atoms with van der Waals surface area (Å²) in [6.07, 6.45) is 5.72. The average molecular weight is 473 g/mol. The Labute approximate surface area is 202 Å². The number of rotatable bonds is 6. The van der Waals surface area contributed by atoms with Gasteiger partial charge in [0, 0.05) is 30.2 Å². The minimum absolute atomic E-state index is 0.0577. The predicted molar refractivity (Wildman–Crippen MR) is 127 cm³/mol. The third-order valence-electron chi connectivity index (χ3n) is 6.63. The van der Waals surface area contributed by atoms with Gasteiger partial charge in [-0.05, 0) is 74.4 Å². The van der Waals surface area contributed by atoms with Gasteiger partial charge in [0.25, 0.3) is 0 Å². The fourth-order valence-corrected chi connectivity index (χ4v) is 4.80. The molecular weight excluding hydrogens is 447 g/mol. The zero-order valence-corrected chi connectivity index (χ0v) is 19.6. The molecule has 35 heavy (non-hydrogen) atoms. The molecule has 1 N–H and O–H groups in total. The number of amides is 2. The standard InChI is InChI=1S/C26H25FN6O2/c1-16-13-29-33(14-16)22-9-18(8-20(27)11-22)10-24(34)31-23-12-21(7-17(2)30-23)32-6-5-26(15-28,25(32)35)19-3-4-19/h7-9,11-14,19H,3-6,10H2,1-2H3,(H,30,31,34)/t26-/m1/s1. The van der Waals surface area contributed by atoms with Crippen LogP contribution in [-0.2, 0) is 16.0 Å². The molecule has 0 bridgehead atoms. The van der Waals surface area contributed by atoms with Crippen molar-refractivity contribution in [2.45, 2.75) is 39.5 Å². The lowest BCUT2D eigenvalue weighted by molar-refractivity contribution is -0.123. The fourth-order valence-electron chi connectivity index (χ4n) is 4.80. The Morgan fingerprint density at radius 1 is 1.23 bits per heavy atom. The normalized spacial score (nSPS) is 19.6. The zero-order valence-electron chi connectivity index (χ0n) is 19.6. The molecule has 0 spiro atoms. The highest BCUT2D eigenvalue weighted by atomic mass is 19.1. The van der Waals surface area contributed by atoms with Gasteiger partial charge in [0.05, 0.1) is 24.4 Å². The predicted octanol–water partition coefficient (Wildman–Crippen LogP) is 3.86. The largest absolute Gasteiger partial charge is 0.311 e. The number of anilines is 2.